The SMILES string of the molecule is CC(C)CC(=O)Oc1ccc([C@H](O)[C@H](C)O)cc1. The lowest BCUT2D eigenvalue weighted by Crippen LogP contribution is -2.14. The second kappa shape index (κ2) is 6.52. The first-order valence-electron chi connectivity index (χ1n) is 6.07. The average Bonchev–Trinajstić information content (AvgIpc) is 2.27. The van der Waals surface area contributed by atoms with Gasteiger partial charge in [-0.2, -0.15) is 0 Å². The van der Waals surface area contributed by atoms with Crippen LogP contribution in [0.25, 0.3) is 0 Å². The molecule has 1 aromatic carbocycles. The zero-order valence-corrected chi connectivity index (χ0v) is 11.0. The van der Waals surface area contributed by atoms with Crippen molar-refractivity contribution in [1.29, 1.82) is 0 Å². The summed E-state index contributed by atoms with van der Waals surface area (Å²) in [5.41, 5.74) is 0.591. The molecule has 0 aliphatic rings. The van der Waals surface area contributed by atoms with Crippen LogP contribution in [0.4, 0.5) is 0 Å². The fraction of sp³-hybridized carbons (Fsp3) is 0.500. The summed E-state index contributed by atoms with van der Waals surface area (Å²) in [7, 11) is 0. The van der Waals surface area contributed by atoms with Crippen LogP contribution >= 0.6 is 0 Å². The monoisotopic (exact) mass is 252 g/mol. The van der Waals surface area contributed by atoms with Gasteiger partial charge in [-0.3, -0.25) is 4.79 Å². The minimum Gasteiger partial charge on any atom is -0.427 e. The van der Waals surface area contributed by atoms with E-state index in [1.54, 1.807) is 24.3 Å². The second-order valence-electron chi connectivity index (χ2n) is 4.83. The smallest absolute Gasteiger partial charge is 0.311 e. The summed E-state index contributed by atoms with van der Waals surface area (Å²) in [6.45, 7) is 5.41. The van der Waals surface area contributed by atoms with E-state index in [1.807, 2.05) is 13.8 Å². The lowest BCUT2D eigenvalue weighted by atomic mass is 10.1. The van der Waals surface area contributed by atoms with Crippen molar-refractivity contribution >= 4 is 5.97 Å². The topological polar surface area (TPSA) is 66.8 Å². The number of aliphatic hydroxyl groups excluding tert-OH is 2. The summed E-state index contributed by atoms with van der Waals surface area (Å²) in [6.07, 6.45) is -1.39. The first-order chi connectivity index (χ1) is 8.40. The van der Waals surface area contributed by atoms with Crippen molar-refractivity contribution in [2.75, 3.05) is 0 Å². The van der Waals surface area contributed by atoms with E-state index in [-0.39, 0.29) is 11.9 Å². The molecule has 100 valence electrons. The molecule has 2 N–H and O–H groups in total. The van der Waals surface area contributed by atoms with E-state index in [1.165, 1.54) is 6.92 Å². The molecule has 0 aliphatic heterocycles. The molecule has 0 fully saturated rings. The largest absolute Gasteiger partial charge is 0.427 e. The molecule has 4 nitrogen and oxygen atoms in total. The van der Waals surface area contributed by atoms with E-state index in [9.17, 15) is 15.0 Å². The van der Waals surface area contributed by atoms with Crippen LogP contribution in [-0.4, -0.2) is 22.3 Å². The zero-order valence-electron chi connectivity index (χ0n) is 11.0. The maximum absolute atomic E-state index is 11.4. The molecule has 0 amide bonds. The van der Waals surface area contributed by atoms with Gasteiger partial charge in [-0.25, -0.2) is 0 Å². The standard InChI is InChI=1S/C14H20O4/c1-9(2)8-13(16)18-12-6-4-11(5-7-12)14(17)10(3)15/h4-7,9-10,14-15,17H,8H2,1-3H3/t10-,14+/m0/s1. The van der Waals surface area contributed by atoms with Gasteiger partial charge in [0, 0.05) is 6.42 Å². The van der Waals surface area contributed by atoms with Gasteiger partial charge in [0.25, 0.3) is 0 Å². The van der Waals surface area contributed by atoms with Gasteiger partial charge in [0.1, 0.15) is 11.9 Å². The fourth-order valence-electron chi connectivity index (χ4n) is 1.52. The third kappa shape index (κ3) is 4.47. The Morgan fingerprint density at radius 3 is 2.17 bits per heavy atom. The molecule has 1 aromatic rings. The van der Waals surface area contributed by atoms with Crippen molar-refractivity contribution in [3.63, 3.8) is 0 Å². The Labute approximate surface area is 107 Å². The summed E-state index contributed by atoms with van der Waals surface area (Å²) < 4.78 is 5.14. The number of ether oxygens (including phenoxy) is 1. The molecule has 0 unspecified atom stereocenters. The number of rotatable bonds is 5. The van der Waals surface area contributed by atoms with Crippen LogP contribution in [0.3, 0.4) is 0 Å². The number of hydrogen-bond donors (Lipinski definition) is 2. The molecule has 1 rings (SSSR count). The minimum absolute atomic E-state index is 0.258. The van der Waals surface area contributed by atoms with E-state index in [4.69, 9.17) is 4.74 Å². The predicted molar refractivity (Wildman–Crippen MR) is 68.2 cm³/mol. The van der Waals surface area contributed by atoms with Gasteiger partial charge in [-0.15, -0.1) is 0 Å². The van der Waals surface area contributed by atoms with Crippen molar-refractivity contribution in [1.82, 2.24) is 0 Å². The van der Waals surface area contributed by atoms with Gasteiger partial charge < -0.3 is 14.9 Å². The highest BCUT2D eigenvalue weighted by molar-refractivity contribution is 5.72. The number of carbonyl (C=O) groups is 1. The summed E-state index contributed by atoms with van der Waals surface area (Å²) >= 11 is 0. The van der Waals surface area contributed by atoms with Crippen molar-refractivity contribution in [2.24, 2.45) is 5.92 Å². The fourth-order valence-corrected chi connectivity index (χ4v) is 1.52. The molecule has 0 heterocycles. The lowest BCUT2D eigenvalue weighted by Gasteiger charge is -2.14. The summed E-state index contributed by atoms with van der Waals surface area (Å²) in [5.74, 6) is 0.435. The normalized spacial score (nSPS) is 14.3. The maximum Gasteiger partial charge on any atom is 0.311 e. The molecule has 2 atom stereocenters. The molecule has 0 bridgehead atoms. The number of hydrogen-bond acceptors (Lipinski definition) is 4. The van der Waals surface area contributed by atoms with Gasteiger partial charge in [0.2, 0.25) is 0 Å². The third-order valence-electron chi connectivity index (χ3n) is 2.49. The highest BCUT2D eigenvalue weighted by Gasteiger charge is 2.14. The first kappa shape index (κ1) is 14.7. The van der Waals surface area contributed by atoms with Gasteiger partial charge in [-0.1, -0.05) is 26.0 Å². The molecular weight excluding hydrogens is 232 g/mol. The average molecular weight is 252 g/mol. The Balaban J connectivity index is 2.63. The lowest BCUT2D eigenvalue weighted by molar-refractivity contribution is -0.135. The molecule has 0 saturated carbocycles. The van der Waals surface area contributed by atoms with E-state index >= 15 is 0 Å². The summed E-state index contributed by atoms with van der Waals surface area (Å²) in [5, 5.41) is 18.9. The Bertz CT molecular complexity index is 381. The molecular formula is C14H20O4. The second-order valence-corrected chi connectivity index (χ2v) is 4.83. The van der Waals surface area contributed by atoms with Crippen molar-refractivity contribution in [2.45, 2.75) is 39.4 Å². The highest BCUT2D eigenvalue weighted by Crippen LogP contribution is 2.20. The van der Waals surface area contributed by atoms with Crippen molar-refractivity contribution in [3.05, 3.63) is 29.8 Å². The Morgan fingerprint density at radius 2 is 1.72 bits per heavy atom. The van der Waals surface area contributed by atoms with Gasteiger partial charge in [0.15, 0.2) is 0 Å². The Kier molecular flexibility index (Phi) is 5.31. The molecule has 0 aromatic heterocycles. The van der Waals surface area contributed by atoms with Crippen LogP contribution in [0, 0.1) is 5.92 Å². The summed E-state index contributed by atoms with van der Waals surface area (Å²) in [6, 6.07) is 6.49. The van der Waals surface area contributed by atoms with Crippen LogP contribution in [0.15, 0.2) is 24.3 Å². The molecule has 0 saturated heterocycles. The van der Waals surface area contributed by atoms with Gasteiger partial charge >= 0.3 is 5.97 Å². The van der Waals surface area contributed by atoms with E-state index in [2.05, 4.69) is 0 Å². The summed E-state index contributed by atoms with van der Waals surface area (Å²) in [4.78, 5) is 11.4. The van der Waals surface area contributed by atoms with E-state index < -0.39 is 12.2 Å². The predicted octanol–water partition coefficient (Wildman–Crippen LogP) is 2.05. The third-order valence-corrected chi connectivity index (χ3v) is 2.49. The van der Waals surface area contributed by atoms with Crippen LogP contribution in [0.5, 0.6) is 5.75 Å². The molecule has 18 heavy (non-hydrogen) atoms. The molecule has 0 radical (unpaired) electrons. The highest BCUT2D eigenvalue weighted by atomic mass is 16.5. The van der Waals surface area contributed by atoms with Gasteiger partial charge in [0.05, 0.1) is 6.10 Å². The molecule has 0 aliphatic carbocycles. The first-order valence-corrected chi connectivity index (χ1v) is 6.07. The molecule has 4 heteroatoms. The molecule has 0 spiro atoms. The van der Waals surface area contributed by atoms with Crippen LogP contribution < -0.4 is 4.74 Å². The quantitative estimate of drug-likeness (QED) is 0.621. The maximum atomic E-state index is 11.4. The Hall–Kier alpha value is -1.39. The van der Waals surface area contributed by atoms with E-state index in [0.717, 1.165) is 0 Å². The van der Waals surface area contributed by atoms with E-state index in [0.29, 0.717) is 17.7 Å². The Morgan fingerprint density at radius 1 is 1.17 bits per heavy atom. The van der Waals surface area contributed by atoms with Gasteiger partial charge in [-0.05, 0) is 30.5 Å². The number of aliphatic hydroxyl groups is 2. The number of carbonyl (C=O) groups excluding carboxylic acids is 1. The van der Waals surface area contributed by atoms with Crippen molar-refractivity contribution in [3.8, 4) is 5.75 Å². The van der Waals surface area contributed by atoms with Crippen LogP contribution in [-0.2, 0) is 4.79 Å². The minimum atomic E-state index is -0.926. The van der Waals surface area contributed by atoms with Crippen molar-refractivity contribution < 1.29 is 19.7 Å². The number of esters is 1. The van der Waals surface area contributed by atoms with Crippen LogP contribution in [0.2, 0.25) is 0 Å². The van der Waals surface area contributed by atoms with Crippen LogP contribution in [0.1, 0.15) is 38.9 Å². The zero-order chi connectivity index (χ0) is 13.7. The number of benzene rings is 1.